The van der Waals surface area contributed by atoms with E-state index in [1.165, 1.54) is 35.2 Å². The molecule has 0 aliphatic heterocycles. The number of aromatic amines is 1. The number of sulfonamides is 1. The Morgan fingerprint density at radius 3 is 2.77 bits per heavy atom. The predicted octanol–water partition coefficient (Wildman–Crippen LogP) is 2.99. The smallest absolute Gasteiger partial charge is 0.276 e. The van der Waals surface area contributed by atoms with Crippen molar-refractivity contribution in [3.63, 3.8) is 0 Å². The van der Waals surface area contributed by atoms with E-state index in [9.17, 15) is 13.2 Å². The Bertz CT molecular complexity index is 1150. The first kappa shape index (κ1) is 18.3. The lowest BCUT2D eigenvalue weighted by molar-refractivity contribution is 0.597. The fourth-order valence-electron chi connectivity index (χ4n) is 2.17. The fourth-order valence-corrected chi connectivity index (χ4v) is 4.27. The minimum Gasteiger partial charge on any atom is -0.311 e. The zero-order valence-electron chi connectivity index (χ0n) is 13.2. The van der Waals surface area contributed by atoms with E-state index in [0.717, 1.165) is 10.4 Å². The van der Waals surface area contributed by atoms with Gasteiger partial charge in [-0.05, 0) is 29.1 Å². The molecule has 3 aromatic rings. The van der Waals surface area contributed by atoms with E-state index in [1.807, 2.05) is 11.4 Å². The fraction of sp³-hybridized carbons (Fsp3) is 0.0625. The van der Waals surface area contributed by atoms with Crippen LogP contribution in [0, 0.1) is 6.57 Å². The van der Waals surface area contributed by atoms with Crippen LogP contribution in [0.15, 0.2) is 56.6 Å². The van der Waals surface area contributed by atoms with Crippen molar-refractivity contribution < 1.29 is 8.42 Å². The topological polar surface area (TPSA) is 110 Å². The lowest BCUT2D eigenvalue weighted by atomic mass is 10.2. The van der Waals surface area contributed by atoms with Gasteiger partial charge in [0.05, 0.1) is 17.2 Å². The predicted molar refractivity (Wildman–Crippen MR) is 102 cm³/mol. The van der Waals surface area contributed by atoms with Crippen molar-refractivity contribution in [2.24, 2.45) is 5.14 Å². The molecule has 0 bridgehead atoms. The maximum atomic E-state index is 12.2. The molecule has 10 heteroatoms. The molecule has 0 atom stereocenters. The monoisotopic (exact) mass is 404 g/mol. The number of benzene rings is 1. The molecule has 0 radical (unpaired) electrons. The number of nitrogens with two attached hydrogens (primary N) is 1. The minimum absolute atomic E-state index is 0.0275. The van der Waals surface area contributed by atoms with Crippen molar-refractivity contribution in [2.45, 2.75) is 15.8 Å². The van der Waals surface area contributed by atoms with Crippen molar-refractivity contribution in [2.75, 3.05) is 0 Å². The van der Waals surface area contributed by atoms with E-state index in [1.54, 1.807) is 18.2 Å². The van der Waals surface area contributed by atoms with Gasteiger partial charge in [-0.3, -0.25) is 4.79 Å². The van der Waals surface area contributed by atoms with Crippen LogP contribution in [0.2, 0.25) is 0 Å². The number of hydrogen-bond acceptors (Lipinski definition) is 6. The highest BCUT2D eigenvalue weighted by atomic mass is 32.2. The molecule has 1 aromatic carbocycles. The van der Waals surface area contributed by atoms with Gasteiger partial charge in [-0.2, -0.15) is 0 Å². The van der Waals surface area contributed by atoms with Crippen LogP contribution in [0.1, 0.15) is 5.56 Å². The SMILES string of the molecule is [C-]#[N+]c1c(-c2cccs2)nc(SCc2cccc(S(N)(=O)=O)c2)[nH]c1=O. The average Bonchev–Trinajstić information content (AvgIpc) is 3.13. The van der Waals surface area contributed by atoms with Gasteiger partial charge in [-0.1, -0.05) is 30.0 Å². The van der Waals surface area contributed by atoms with Crippen LogP contribution in [0.4, 0.5) is 5.69 Å². The van der Waals surface area contributed by atoms with E-state index in [-0.39, 0.29) is 10.6 Å². The molecular formula is C16H12N4O3S3. The summed E-state index contributed by atoms with van der Waals surface area (Å²) in [6.45, 7) is 7.21. The first-order valence-electron chi connectivity index (χ1n) is 7.18. The van der Waals surface area contributed by atoms with Gasteiger partial charge >= 0.3 is 0 Å². The molecule has 0 aliphatic rings. The van der Waals surface area contributed by atoms with Gasteiger partial charge in [0.2, 0.25) is 10.0 Å². The number of primary sulfonamides is 1. The summed E-state index contributed by atoms with van der Waals surface area (Å²) in [4.78, 5) is 23.2. The van der Waals surface area contributed by atoms with Crippen LogP contribution in [0.5, 0.6) is 0 Å². The minimum atomic E-state index is -3.77. The maximum Gasteiger partial charge on any atom is 0.276 e. The third kappa shape index (κ3) is 4.03. The van der Waals surface area contributed by atoms with Crippen molar-refractivity contribution in [1.82, 2.24) is 9.97 Å². The zero-order valence-corrected chi connectivity index (χ0v) is 15.6. The molecule has 7 nitrogen and oxygen atoms in total. The van der Waals surface area contributed by atoms with Crippen molar-refractivity contribution in [1.29, 1.82) is 0 Å². The van der Waals surface area contributed by atoms with Gasteiger partial charge < -0.3 is 4.98 Å². The Morgan fingerprint density at radius 2 is 2.12 bits per heavy atom. The van der Waals surface area contributed by atoms with Crippen molar-refractivity contribution >= 4 is 38.8 Å². The first-order valence-corrected chi connectivity index (χ1v) is 10.6. The lowest BCUT2D eigenvalue weighted by Gasteiger charge is -2.06. The van der Waals surface area contributed by atoms with Crippen LogP contribution in [0.3, 0.4) is 0 Å². The van der Waals surface area contributed by atoms with E-state index in [0.29, 0.717) is 16.6 Å². The summed E-state index contributed by atoms with van der Waals surface area (Å²) in [5, 5.41) is 7.34. The van der Waals surface area contributed by atoms with Crippen LogP contribution < -0.4 is 10.7 Å². The molecule has 0 aliphatic carbocycles. The number of aromatic nitrogens is 2. The summed E-state index contributed by atoms with van der Waals surface area (Å²) in [7, 11) is -3.77. The molecule has 3 N–H and O–H groups in total. The molecule has 3 rings (SSSR count). The second kappa shape index (κ2) is 7.43. The molecule has 0 saturated heterocycles. The Balaban J connectivity index is 1.90. The highest BCUT2D eigenvalue weighted by Crippen LogP contribution is 2.31. The number of nitrogens with zero attached hydrogens (tertiary/aromatic N) is 2. The Morgan fingerprint density at radius 1 is 1.31 bits per heavy atom. The number of thiophene rings is 1. The van der Waals surface area contributed by atoms with E-state index < -0.39 is 15.6 Å². The summed E-state index contributed by atoms with van der Waals surface area (Å²) in [6.07, 6.45) is 0. The number of thioether (sulfide) groups is 1. The molecule has 0 spiro atoms. The van der Waals surface area contributed by atoms with Crippen molar-refractivity contribution in [3.05, 3.63) is 69.1 Å². The number of H-pyrrole nitrogens is 1. The normalized spacial score (nSPS) is 11.2. The molecule has 2 aromatic heterocycles. The third-order valence-corrected chi connectivity index (χ3v) is 6.07. The largest absolute Gasteiger partial charge is 0.311 e. The standard InChI is InChI=1S/C16H12N4O3S3/c1-18-14-13(12-6-3-7-24-12)19-16(20-15(14)21)25-9-10-4-2-5-11(8-10)26(17,22)23/h2-8H,9H2,(H2,17,22,23)(H,19,20,21). The lowest BCUT2D eigenvalue weighted by Crippen LogP contribution is -2.12. The molecule has 0 fully saturated rings. The van der Waals surface area contributed by atoms with Gasteiger partial charge in [0, 0.05) is 10.6 Å². The molecule has 0 unspecified atom stereocenters. The summed E-state index contributed by atoms with van der Waals surface area (Å²) in [5.74, 6) is 0.382. The Kier molecular flexibility index (Phi) is 5.24. The van der Waals surface area contributed by atoms with E-state index in [4.69, 9.17) is 11.7 Å². The van der Waals surface area contributed by atoms with Gasteiger partial charge in [-0.15, -0.1) is 11.3 Å². The van der Waals surface area contributed by atoms with Gasteiger partial charge in [0.25, 0.3) is 11.2 Å². The maximum absolute atomic E-state index is 12.2. The highest BCUT2D eigenvalue weighted by Gasteiger charge is 2.15. The first-order chi connectivity index (χ1) is 12.4. The number of hydrogen-bond donors (Lipinski definition) is 2. The number of rotatable bonds is 5. The molecule has 2 heterocycles. The van der Waals surface area contributed by atoms with Gasteiger partial charge in [0.15, 0.2) is 5.16 Å². The second-order valence-corrected chi connectivity index (χ2v) is 8.61. The molecular weight excluding hydrogens is 392 g/mol. The number of nitrogens with one attached hydrogen (secondary N) is 1. The summed E-state index contributed by atoms with van der Waals surface area (Å²) >= 11 is 2.63. The van der Waals surface area contributed by atoms with Gasteiger partial charge in [0.1, 0.15) is 0 Å². The molecule has 0 amide bonds. The molecule has 132 valence electrons. The Hall–Kier alpha value is -2.45. The zero-order chi connectivity index (χ0) is 18.7. The summed E-state index contributed by atoms with van der Waals surface area (Å²) in [5.41, 5.74) is 0.517. The molecule has 26 heavy (non-hydrogen) atoms. The third-order valence-electron chi connectivity index (χ3n) is 3.34. The summed E-state index contributed by atoms with van der Waals surface area (Å²) in [6, 6.07) is 9.88. The van der Waals surface area contributed by atoms with Crippen molar-refractivity contribution in [3.8, 4) is 10.6 Å². The van der Waals surface area contributed by atoms with Crippen LogP contribution in [-0.4, -0.2) is 18.4 Å². The molecule has 0 saturated carbocycles. The highest BCUT2D eigenvalue weighted by molar-refractivity contribution is 7.98. The van der Waals surface area contributed by atoms with Crippen LogP contribution >= 0.6 is 23.1 Å². The van der Waals surface area contributed by atoms with Gasteiger partial charge in [-0.25, -0.2) is 23.4 Å². The van der Waals surface area contributed by atoms with E-state index >= 15 is 0 Å². The van der Waals surface area contributed by atoms with Crippen LogP contribution in [-0.2, 0) is 15.8 Å². The Labute approximate surface area is 157 Å². The quantitative estimate of drug-likeness (QED) is 0.386. The second-order valence-electron chi connectivity index (χ2n) is 5.14. The van der Waals surface area contributed by atoms with E-state index in [2.05, 4.69) is 14.8 Å². The van der Waals surface area contributed by atoms with Crippen LogP contribution in [0.25, 0.3) is 15.4 Å². The average molecular weight is 404 g/mol. The summed E-state index contributed by atoms with van der Waals surface area (Å²) < 4.78 is 22.9.